The molecule has 1 aromatic heterocycles. The summed E-state index contributed by atoms with van der Waals surface area (Å²) in [5.74, 6) is 0.533. The van der Waals surface area contributed by atoms with Crippen LogP contribution in [0.25, 0.3) is 0 Å². The van der Waals surface area contributed by atoms with E-state index in [0.29, 0.717) is 22.1 Å². The first-order valence-corrected chi connectivity index (χ1v) is 5.88. The lowest BCUT2D eigenvalue weighted by atomic mass is 10.3. The molecule has 19 heavy (non-hydrogen) atoms. The van der Waals surface area contributed by atoms with E-state index in [-0.39, 0.29) is 0 Å². The molecular weight excluding hydrogens is 266 g/mol. The third kappa shape index (κ3) is 3.59. The van der Waals surface area contributed by atoms with Gasteiger partial charge < -0.3 is 15.4 Å². The fourth-order valence-corrected chi connectivity index (χ4v) is 1.67. The number of carbonyl (C=O) groups excluding carboxylic acids is 1. The largest absolute Gasteiger partial charge is 0.495 e. The van der Waals surface area contributed by atoms with Crippen LogP contribution in [0, 0.1) is 0 Å². The van der Waals surface area contributed by atoms with E-state index in [1.807, 2.05) is 0 Å². The smallest absolute Gasteiger partial charge is 0.323 e. The van der Waals surface area contributed by atoms with Crippen LogP contribution >= 0.6 is 11.6 Å². The number of hydrogen-bond acceptors (Lipinski definition) is 3. The van der Waals surface area contributed by atoms with Crippen LogP contribution < -0.4 is 15.4 Å². The van der Waals surface area contributed by atoms with E-state index in [4.69, 9.17) is 16.3 Å². The van der Waals surface area contributed by atoms with Gasteiger partial charge in [0.1, 0.15) is 5.75 Å². The minimum Gasteiger partial charge on any atom is -0.495 e. The van der Waals surface area contributed by atoms with Gasteiger partial charge >= 0.3 is 6.03 Å². The van der Waals surface area contributed by atoms with Gasteiger partial charge in [0.25, 0.3) is 0 Å². The zero-order valence-electron chi connectivity index (χ0n) is 10.2. The number of pyridine rings is 1. The molecule has 2 N–H and O–H groups in total. The Morgan fingerprint density at radius 3 is 2.84 bits per heavy atom. The van der Waals surface area contributed by atoms with Gasteiger partial charge in [0.2, 0.25) is 0 Å². The number of amides is 2. The molecule has 2 amide bonds. The summed E-state index contributed by atoms with van der Waals surface area (Å²) in [5.41, 5.74) is 1.09. The first kappa shape index (κ1) is 13.2. The number of benzene rings is 1. The second-order valence-electron chi connectivity index (χ2n) is 3.67. The van der Waals surface area contributed by atoms with Crippen LogP contribution in [0.5, 0.6) is 5.75 Å². The average Bonchev–Trinajstić information content (AvgIpc) is 2.40. The molecule has 0 aliphatic carbocycles. The molecule has 0 saturated heterocycles. The highest BCUT2D eigenvalue weighted by atomic mass is 35.5. The van der Waals surface area contributed by atoms with Gasteiger partial charge in [-0.3, -0.25) is 4.98 Å². The Balaban J connectivity index is 2.09. The summed E-state index contributed by atoms with van der Waals surface area (Å²) in [7, 11) is 1.52. The van der Waals surface area contributed by atoms with Crippen LogP contribution in [0.1, 0.15) is 0 Å². The number of halogens is 1. The van der Waals surface area contributed by atoms with E-state index >= 15 is 0 Å². The zero-order chi connectivity index (χ0) is 13.7. The van der Waals surface area contributed by atoms with E-state index in [2.05, 4.69) is 15.6 Å². The lowest BCUT2D eigenvalue weighted by Crippen LogP contribution is -2.19. The van der Waals surface area contributed by atoms with Crippen molar-refractivity contribution in [1.29, 1.82) is 0 Å². The standard InChI is InChI=1S/C13H12ClN3O2/c1-19-12-5-4-9(14)7-11(12)17-13(18)16-10-3-2-6-15-8-10/h2-8H,1H3,(H2,16,17,18). The maximum atomic E-state index is 11.8. The van der Waals surface area contributed by atoms with Gasteiger partial charge in [0.15, 0.2) is 0 Å². The van der Waals surface area contributed by atoms with E-state index in [0.717, 1.165) is 0 Å². The van der Waals surface area contributed by atoms with Gasteiger partial charge in [-0.2, -0.15) is 0 Å². The molecule has 6 heteroatoms. The lowest BCUT2D eigenvalue weighted by molar-refractivity contribution is 0.262. The molecule has 1 aromatic carbocycles. The summed E-state index contributed by atoms with van der Waals surface area (Å²) in [6.45, 7) is 0. The van der Waals surface area contributed by atoms with Crippen LogP contribution in [-0.2, 0) is 0 Å². The van der Waals surface area contributed by atoms with Crippen LogP contribution in [-0.4, -0.2) is 18.1 Å². The Bertz CT molecular complexity index is 575. The Kier molecular flexibility index (Phi) is 4.20. The summed E-state index contributed by atoms with van der Waals surface area (Å²) in [4.78, 5) is 15.7. The maximum Gasteiger partial charge on any atom is 0.323 e. The SMILES string of the molecule is COc1ccc(Cl)cc1NC(=O)Nc1cccnc1. The third-order valence-electron chi connectivity index (χ3n) is 2.33. The van der Waals surface area contributed by atoms with Crippen molar-refractivity contribution >= 4 is 29.0 Å². The number of methoxy groups -OCH3 is 1. The van der Waals surface area contributed by atoms with E-state index < -0.39 is 6.03 Å². The van der Waals surface area contributed by atoms with Crippen molar-refractivity contribution in [1.82, 2.24) is 4.98 Å². The molecule has 0 radical (unpaired) electrons. The fourth-order valence-electron chi connectivity index (χ4n) is 1.50. The number of ether oxygens (including phenoxy) is 1. The molecular formula is C13H12ClN3O2. The molecule has 1 heterocycles. The quantitative estimate of drug-likeness (QED) is 0.904. The minimum atomic E-state index is -0.395. The summed E-state index contributed by atoms with van der Waals surface area (Å²) in [6.07, 6.45) is 3.18. The van der Waals surface area contributed by atoms with Gasteiger partial charge in [0.05, 0.1) is 24.7 Å². The Morgan fingerprint density at radius 1 is 1.32 bits per heavy atom. The Hall–Kier alpha value is -2.27. The first-order chi connectivity index (χ1) is 9.19. The molecule has 98 valence electrons. The number of aromatic nitrogens is 1. The molecule has 0 fully saturated rings. The zero-order valence-corrected chi connectivity index (χ0v) is 10.9. The normalized spacial score (nSPS) is 9.79. The van der Waals surface area contributed by atoms with Crippen LogP contribution in [0.3, 0.4) is 0 Å². The molecule has 0 aliphatic heterocycles. The maximum absolute atomic E-state index is 11.8. The summed E-state index contributed by atoms with van der Waals surface area (Å²) < 4.78 is 5.14. The second kappa shape index (κ2) is 6.06. The van der Waals surface area contributed by atoms with Crippen molar-refractivity contribution in [2.45, 2.75) is 0 Å². The topological polar surface area (TPSA) is 63.2 Å². The predicted molar refractivity (Wildman–Crippen MR) is 74.9 cm³/mol. The minimum absolute atomic E-state index is 0.395. The molecule has 0 aliphatic rings. The van der Waals surface area contributed by atoms with E-state index in [1.165, 1.54) is 7.11 Å². The molecule has 0 atom stereocenters. The highest BCUT2D eigenvalue weighted by Gasteiger charge is 2.08. The molecule has 0 bridgehead atoms. The van der Waals surface area contributed by atoms with Gasteiger partial charge in [-0.1, -0.05) is 11.6 Å². The third-order valence-corrected chi connectivity index (χ3v) is 2.56. The van der Waals surface area contributed by atoms with Crippen LogP contribution in [0.2, 0.25) is 5.02 Å². The number of carbonyl (C=O) groups is 1. The number of nitrogens with zero attached hydrogens (tertiary/aromatic N) is 1. The number of anilines is 2. The molecule has 2 aromatic rings. The van der Waals surface area contributed by atoms with Crippen LogP contribution in [0.4, 0.5) is 16.2 Å². The van der Waals surface area contributed by atoms with Gasteiger partial charge in [-0.05, 0) is 30.3 Å². The molecule has 0 saturated carbocycles. The first-order valence-electron chi connectivity index (χ1n) is 5.50. The van der Waals surface area contributed by atoms with Crippen molar-refractivity contribution in [3.63, 3.8) is 0 Å². The molecule has 0 spiro atoms. The second-order valence-corrected chi connectivity index (χ2v) is 4.10. The van der Waals surface area contributed by atoms with Gasteiger partial charge in [0, 0.05) is 11.2 Å². The lowest BCUT2D eigenvalue weighted by Gasteiger charge is -2.11. The Morgan fingerprint density at radius 2 is 2.16 bits per heavy atom. The highest BCUT2D eigenvalue weighted by molar-refractivity contribution is 6.31. The van der Waals surface area contributed by atoms with Gasteiger partial charge in [-0.15, -0.1) is 0 Å². The number of urea groups is 1. The van der Waals surface area contributed by atoms with Gasteiger partial charge in [-0.25, -0.2) is 4.79 Å². The van der Waals surface area contributed by atoms with Crippen molar-refractivity contribution < 1.29 is 9.53 Å². The van der Waals surface area contributed by atoms with E-state index in [1.54, 1.807) is 42.7 Å². The molecule has 2 rings (SSSR count). The predicted octanol–water partition coefficient (Wildman–Crippen LogP) is 3.39. The molecule has 0 unspecified atom stereocenters. The Labute approximate surface area is 115 Å². The van der Waals surface area contributed by atoms with Crippen molar-refractivity contribution in [3.8, 4) is 5.75 Å². The molecule has 5 nitrogen and oxygen atoms in total. The van der Waals surface area contributed by atoms with Crippen molar-refractivity contribution in [2.24, 2.45) is 0 Å². The van der Waals surface area contributed by atoms with Crippen molar-refractivity contribution in [3.05, 3.63) is 47.7 Å². The fraction of sp³-hybridized carbons (Fsp3) is 0.0769. The number of rotatable bonds is 3. The van der Waals surface area contributed by atoms with E-state index in [9.17, 15) is 4.79 Å². The highest BCUT2D eigenvalue weighted by Crippen LogP contribution is 2.27. The van der Waals surface area contributed by atoms with Crippen molar-refractivity contribution in [2.75, 3.05) is 17.7 Å². The van der Waals surface area contributed by atoms with Crippen LogP contribution in [0.15, 0.2) is 42.7 Å². The summed E-state index contributed by atoms with van der Waals surface area (Å²) in [5, 5.41) is 5.83. The monoisotopic (exact) mass is 277 g/mol. The number of hydrogen-bond donors (Lipinski definition) is 2. The summed E-state index contributed by atoms with van der Waals surface area (Å²) in [6, 6.07) is 8.06. The average molecular weight is 278 g/mol. The summed E-state index contributed by atoms with van der Waals surface area (Å²) >= 11 is 5.88. The number of nitrogens with one attached hydrogen (secondary N) is 2.